The Morgan fingerprint density at radius 1 is 1.40 bits per heavy atom. The number of amides is 1. The van der Waals surface area contributed by atoms with Crippen LogP contribution in [0, 0.1) is 0 Å². The molecule has 0 radical (unpaired) electrons. The second-order valence-corrected chi connectivity index (χ2v) is 4.85. The highest BCUT2D eigenvalue weighted by Gasteiger charge is 2.25. The first kappa shape index (κ1) is 16.2. The molecule has 0 unspecified atom stereocenters. The third kappa shape index (κ3) is 5.87. The number of aliphatic imine (C=N–C) groups is 1. The molecule has 0 aromatic carbocycles. The second kappa shape index (κ2) is 8.36. The molecule has 0 bridgehead atoms. The van der Waals surface area contributed by atoms with E-state index in [1.54, 1.807) is 0 Å². The van der Waals surface area contributed by atoms with Crippen LogP contribution in [0.4, 0.5) is 0 Å². The van der Waals surface area contributed by atoms with Crippen molar-refractivity contribution in [3.63, 3.8) is 0 Å². The van der Waals surface area contributed by atoms with Crippen molar-refractivity contribution >= 4 is 17.8 Å². The molecule has 0 aliphatic carbocycles. The summed E-state index contributed by atoms with van der Waals surface area (Å²) in [4.78, 5) is 26.9. The van der Waals surface area contributed by atoms with Crippen molar-refractivity contribution in [2.45, 2.75) is 44.2 Å². The number of carbonyl (C=O) groups excluding carboxylic acids is 1. The summed E-state index contributed by atoms with van der Waals surface area (Å²) in [7, 11) is 0. The van der Waals surface area contributed by atoms with Crippen molar-refractivity contribution in [3.8, 4) is 0 Å². The van der Waals surface area contributed by atoms with E-state index in [4.69, 9.17) is 16.6 Å². The maximum absolute atomic E-state index is 11.9. The molecule has 1 fully saturated rings. The number of piperidine rings is 1. The predicted octanol–water partition coefficient (Wildman–Crippen LogP) is -1.25. The van der Waals surface area contributed by atoms with Crippen LogP contribution in [0.2, 0.25) is 0 Å². The SMILES string of the molecule is NC(N)=NCCC[C@H](NC(=O)[C@@H]1CCCCN1)C(=O)O. The van der Waals surface area contributed by atoms with Gasteiger partial charge in [-0.25, -0.2) is 4.79 Å². The Morgan fingerprint density at radius 2 is 2.15 bits per heavy atom. The normalized spacial score (nSPS) is 19.9. The minimum absolute atomic E-state index is 0.0210. The van der Waals surface area contributed by atoms with Crippen LogP contribution in [0.3, 0.4) is 0 Å². The Balaban J connectivity index is 2.39. The molecule has 8 nitrogen and oxygen atoms in total. The number of nitrogens with one attached hydrogen (secondary N) is 2. The lowest BCUT2D eigenvalue weighted by molar-refractivity contribution is -0.142. The summed E-state index contributed by atoms with van der Waals surface area (Å²) in [6.07, 6.45) is 3.56. The van der Waals surface area contributed by atoms with Gasteiger partial charge in [-0.1, -0.05) is 6.42 Å². The number of nitrogens with two attached hydrogens (primary N) is 2. The number of rotatable bonds is 7. The Bertz CT molecular complexity index is 362. The van der Waals surface area contributed by atoms with Gasteiger partial charge in [-0.15, -0.1) is 0 Å². The van der Waals surface area contributed by atoms with Crippen LogP contribution in [0.1, 0.15) is 32.1 Å². The van der Waals surface area contributed by atoms with Gasteiger partial charge < -0.3 is 27.2 Å². The zero-order valence-electron chi connectivity index (χ0n) is 11.5. The van der Waals surface area contributed by atoms with Gasteiger partial charge in [0.15, 0.2) is 5.96 Å². The summed E-state index contributed by atoms with van der Waals surface area (Å²) in [5, 5.41) is 14.8. The average molecular weight is 285 g/mol. The Morgan fingerprint density at radius 3 is 2.70 bits per heavy atom. The van der Waals surface area contributed by atoms with Gasteiger partial charge in [0.1, 0.15) is 6.04 Å². The van der Waals surface area contributed by atoms with Gasteiger partial charge in [-0.2, -0.15) is 0 Å². The molecular weight excluding hydrogens is 262 g/mol. The topological polar surface area (TPSA) is 143 Å². The van der Waals surface area contributed by atoms with Gasteiger partial charge in [0.2, 0.25) is 5.91 Å². The maximum atomic E-state index is 11.9. The van der Waals surface area contributed by atoms with Gasteiger partial charge in [0.05, 0.1) is 6.04 Å². The fraction of sp³-hybridized carbons (Fsp3) is 0.750. The quantitative estimate of drug-likeness (QED) is 0.225. The van der Waals surface area contributed by atoms with Crippen LogP contribution in [-0.2, 0) is 9.59 Å². The van der Waals surface area contributed by atoms with Crippen LogP contribution in [0.5, 0.6) is 0 Å². The molecule has 1 rings (SSSR count). The first-order valence-corrected chi connectivity index (χ1v) is 6.82. The smallest absolute Gasteiger partial charge is 0.326 e. The van der Waals surface area contributed by atoms with Crippen molar-refractivity contribution < 1.29 is 14.7 Å². The number of aliphatic carboxylic acids is 1. The molecule has 1 heterocycles. The molecule has 1 aliphatic rings. The number of guanidine groups is 1. The number of hydrogen-bond donors (Lipinski definition) is 5. The predicted molar refractivity (Wildman–Crippen MR) is 75.1 cm³/mol. The van der Waals surface area contributed by atoms with Gasteiger partial charge in [-0.3, -0.25) is 9.79 Å². The van der Waals surface area contributed by atoms with Gasteiger partial charge in [0.25, 0.3) is 0 Å². The zero-order chi connectivity index (χ0) is 15.0. The van der Waals surface area contributed by atoms with E-state index in [0.29, 0.717) is 19.4 Å². The van der Waals surface area contributed by atoms with E-state index < -0.39 is 12.0 Å². The number of nitrogens with zero attached hydrogens (tertiary/aromatic N) is 1. The van der Waals surface area contributed by atoms with E-state index in [-0.39, 0.29) is 17.9 Å². The molecule has 1 aliphatic heterocycles. The highest BCUT2D eigenvalue weighted by molar-refractivity contribution is 5.86. The summed E-state index contributed by atoms with van der Waals surface area (Å²) >= 11 is 0. The first-order valence-electron chi connectivity index (χ1n) is 6.82. The fourth-order valence-electron chi connectivity index (χ4n) is 2.11. The Hall–Kier alpha value is -1.83. The molecule has 2 atom stereocenters. The summed E-state index contributed by atoms with van der Waals surface area (Å²) in [5.41, 5.74) is 10.4. The molecule has 20 heavy (non-hydrogen) atoms. The number of hydrogen-bond acceptors (Lipinski definition) is 4. The lowest BCUT2D eigenvalue weighted by atomic mass is 10.0. The number of carbonyl (C=O) groups is 2. The Labute approximate surface area is 118 Å². The highest BCUT2D eigenvalue weighted by Crippen LogP contribution is 2.08. The molecule has 8 heteroatoms. The highest BCUT2D eigenvalue weighted by atomic mass is 16.4. The van der Waals surface area contributed by atoms with Crippen molar-refractivity contribution in [2.24, 2.45) is 16.5 Å². The van der Waals surface area contributed by atoms with E-state index >= 15 is 0 Å². The molecule has 114 valence electrons. The summed E-state index contributed by atoms with van der Waals surface area (Å²) in [5.74, 6) is -1.31. The van der Waals surface area contributed by atoms with E-state index in [2.05, 4.69) is 15.6 Å². The van der Waals surface area contributed by atoms with Crippen LogP contribution < -0.4 is 22.1 Å². The Kier molecular flexibility index (Phi) is 6.78. The van der Waals surface area contributed by atoms with Crippen molar-refractivity contribution in [1.82, 2.24) is 10.6 Å². The summed E-state index contributed by atoms with van der Waals surface area (Å²) in [6.45, 7) is 1.14. The molecule has 0 aromatic heterocycles. The minimum atomic E-state index is -1.04. The van der Waals surface area contributed by atoms with Crippen molar-refractivity contribution in [1.29, 1.82) is 0 Å². The minimum Gasteiger partial charge on any atom is -0.480 e. The zero-order valence-corrected chi connectivity index (χ0v) is 11.5. The van der Waals surface area contributed by atoms with E-state index in [1.165, 1.54) is 0 Å². The number of carboxylic acids is 1. The van der Waals surface area contributed by atoms with Gasteiger partial charge in [-0.05, 0) is 32.2 Å². The summed E-state index contributed by atoms with van der Waals surface area (Å²) < 4.78 is 0. The molecule has 1 amide bonds. The third-order valence-electron chi connectivity index (χ3n) is 3.19. The fourth-order valence-corrected chi connectivity index (χ4v) is 2.11. The summed E-state index contributed by atoms with van der Waals surface area (Å²) in [6, 6.07) is -1.19. The second-order valence-electron chi connectivity index (χ2n) is 4.85. The molecule has 1 saturated heterocycles. The van der Waals surface area contributed by atoms with Crippen molar-refractivity contribution in [3.05, 3.63) is 0 Å². The van der Waals surface area contributed by atoms with E-state index in [0.717, 1.165) is 25.8 Å². The van der Waals surface area contributed by atoms with Crippen LogP contribution in [-0.4, -0.2) is 48.1 Å². The van der Waals surface area contributed by atoms with Gasteiger partial charge >= 0.3 is 5.97 Å². The first-order chi connectivity index (χ1) is 9.50. The molecular formula is C12H23N5O3. The standard InChI is InChI=1S/C12H23N5O3/c13-12(14)16-7-3-5-9(11(19)20)17-10(18)8-4-1-2-6-15-8/h8-9,15H,1-7H2,(H,17,18)(H,19,20)(H4,13,14,16)/t8-,9-/m0/s1. The largest absolute Gasteiger partial charge is 0.480 e. The van der Waals surface area contributed by atoms with Crippen LogP contribution >= 0.6 is 0 Å². The van der Waals surface area contributed by atoms with Gasteiger partial charge in [0, 0.05) is 6.54 Å². The number of carboxylic acid groups (broad SMARTS) is 1. The van der Waals surface area contributed by atoms with E-state index in [1.807, 2.05) is 0 Å². The maximum Gasteiger partial charge on any atom is 0.326 e. The van der Waals surface area contributed by atoms with Crippen LogP contribution in [0.25, 0.3) is 0 Å². The van der Waals surface area contributed by atoms with E-state index in [9.17, 15) is 9.59 Å². The average Bonchev–Trinajstić information content (AvgIpc) is 2.42. The monoisotopic (exact) mass is 285 g/mol. The van der Waals surface area contributed by atoms with Crippen LogP contribution in [0.15, 0.2) is 4.99 Å². The molecule has 7 N–H and O–H groups in total. The third-order valence-corrected chi connectivity index (χ3v) is 3.19. The lowest BCUT2D eigenvalue weighted by Gasteiger charge is -2.24. The molecule has 0 saturated carbocycles. The lowest BCUT2D eigenvalue weighted by Crippen LogP contribution is -2.51. The van der Waals surface area contributed by atoms with Crippen molar-refractivity contribution in [2.75, 3.05) is 13.1 Å². The molecule has 0 spiro atoms. The molecule has 0 aromatic rings.